The van der Waals surface area contributed by atoms with E-state index in [4.69, 9.17) is 4.74 Å². The van der Waals surface area contributed by atoms with Gasteiger partial charge in [0.15, 0.2) is 16.8 Å². The molecule has 0 spiro atoms. The van der Waals surface area contributed by atoms with Crippen molar-refractivity contribution < 1.29 is 9.53 Å². The molecule has 6 nitrogen and oxygen atoms in total. The molecule has 0 saturated heterocycles. The van der Waals surface area contributed by atoms with E-state index in [-0.39, 0.29) is 5.78 Å². The number of benzene rings is 1. The number of Topliss-reactive ketones (excluding diaryl/α,β-unsaturated/α-hetero) is 1. The maximum absolute atomic E-state index is 12.8. The van der Waals surface area contributed by atoms with Crippen molar-refractivity contribution >= 4 is 17.5 Å². The van der Waals surface area contributed by atoms with Crippen molar-refractivity contribution in [3.05, 3.63) is 52.8 Å². The van der Waals surface area contributed by atoms with Gasteiger partial charge in [0.25, 0.3) is 0 Å². The molecule has 3 rings (SSSR count). The molecule has 3 aromatic rings. The lowest BCUT2D eigenvalue weighted by Crippen LogP contribution is -2.08. The van der Waals surface area contributed by atoms with Gasteiger partial charge in [-0.25, -0.2) is 0 Å². The third-order valence-electron chi connectivity index (χ3n) is 5.08. The summed E-state index contributed by atoms with van der Waals surface area (Å²) in [6.45, 7) is 7.68. The molecular formula is C22H28N4O2S. The van der Waals surface area contributed by atoms with Gasteiger partial charge in [0.05, 0.1) is 5.75 Å². The topological polar surface area (TPSA) is 61.9 Å². The molecule has 0 aliphatic carbocycles. The molecule has 2 heterocycles. The number of ether oxygens (including phenoxy) is 1. The molecule has 7 heteroatoms. The molecule has 0 fully saturated rings. The van der Waals surface area contributed by atoms with Crippen molar-refractivity contribution in [2.24, 2.45) is 7.05 Å². The standard InChI is InChI=1S/C22H28N4O2S/c1-15-7-9-18(10-8-15)21-23-24-22(25(21)4)29-14-20(27)19-13-16(2)26(17(19)3)11-6-12-28-5/h7-10,13H,6,11-12,14H2,1-5H3. The Morgan fingerprint density at radius 3 is 2.55 bits per heavy atom. The van der Waals surface area contributed by atoms with Gasteiger partial charge >= 0.3 is 0 Å². The number of rotatable bonds is 9. The summed E-state index contributed by atoms with van der Waals surface area (Å²) >= 11 is 1.42. The van der Waals surface area contributed by atoms with Gasteiger partial charge in [-0.05, 0) is 33.3 Å². The van der Waals surface area contributed by atoms with E-state index in [1.54, 1.807) is 7.11 Å². The second-order valence-corrected chi connectivity index (χ2v) is 8.17. The largest absolute Gasteiger partial charge is 0.385 e. The summed E-state index contributed by atoms with van der Waals surface area (Å²) in [5, 5.41) is 9.33. The van der Waals surface area contributed by atoms with Crippen LogP contribution in [0.25, 0.3) is 11.4 Å². The van der Waals surface area contributed by atoms with Crippen LogP contribution in [-0.2, 0) is 18.3 Å². The van der Waals surface area contributed by atoms with E-state index in [9.17, 15) is 4.79 Å². The number of carbonyl (C=O) groups is 1. The van der Waals surface area contributed by atoms with Gasteiger partial charge in [-0.3, -0.25) is 4.79 Å². The number of thioether (sulfide) groups is 1. The number of aryl methyl sites for hydroxylation is 2. The van der Waals surface area contributed by atoms with Gasteiger partial charge < -0.3 is 13.9 Å². The Bertz CT molecular complexity index is 989. The van der Waals surface area contributed by atoms with E-state index in [1.165, 1.54) is 17.3 Å². The van der Waals surface area contributed by atoms with Gasteiger partial charge in [-0.1, -0.05) is 41.6 Å². The highest BCUT2D eigenvalue weighted by atomic mass is 32.2. The third-order valence-corrected chi connectivity index (χ3v) is 6.10. The van der Waals surface area contributed by atoms with Crippen molar-refractivity contribution in [3.8, 4) is 11.4 Å². The molecule has 29 heavy (non-hydrogen) atoms. The maximum Gasteiger partial charge on any atom is 0.191 e. The molecule has 154 valence electrons. The van der Waals surface area contributed by atoms with E-state index in [2.05, 4.69) is 33.8 Å². The van der Waals surface area contributed by atoms with E-state index < -0.39 is 0 Å². The second kappa shape index (κ2) is 9.41. The van der Waals surface area contributed by atoms with Crippen LogP contribution in [0, 0.1) is 20.8 Å². The predicted octanol–water partition coefficient (Wildman–Crippen LogP) is 4.22. The lowest BCUT2D eigenvalue weighted by molar-refractivity contribution is 0.102. The quantitative estimate of drug-likeness (QED) is 0.299. The second-order valence-electron chi connectivity index (χ2n) is 7.23. The molecule has 0 N–H and O–H groups in total. The first-order chi connectivity index (χ1) is 13.9. The van der Waals surface area contributed by atoms with Crippen LogP contribution in [0.1, 0.15) is 33.7 Å². The van der Waals surface area contributed by atoms with Gasteiger partial charge in [-0.15, -0.1) is 10.2 Å². The first kappa shape index (κ1) is 21.3. The number of hydrogen-bond donors (Lipinski definition) is 0. The Morgan fingerprint density at radius 1 is 1.14 bits per heavy atom. The number of methoxy groups -OCH3 is 1. The number of ketones is 1. The lowest BCUT2D eigenvalue weighted by Gasteiger charge is -2.09. The Balaban J connectivity index is 1.68. The number of carbonyl (C=O) groups excluding carboxylic acids is 1. The highest BCUT2D eigenvalue weighted by molar-refractivity contribution is 7.99. The molecule has 2 aromatic heterocycles. The number of hydrogen-bond acceptors (Lipinski definition) is 5. The van der Waals surface area contributed by atoms with Crippen LogP contribution in [0.5, 0.6) is 0 Å². The number of aromatic nitrogens is 4. The van der Waals surface area contributed by atoms with Crippen molar-refractivity contribution in [1.82, 2.24) is 19.3 Å². The van der Waals surface area contributed by atoms with Crippen LogP contribution >= 0.6 is 11.8 Å². The molecule has 1 aromatic carbocycles. The fourth-order valence-electron chi connectivity index (χ4n) is 3.40. The molecule has 0 aliphatic rings. The number of nitrogens with zero attached hydrogens (tertiary/aromatic N) is 4. The minimum absolute atomic E-state index is 0.112. The molecule has 0 aliphatic heterocycles. The van der Waals surface area contributed by atoms with Crippen molar-refractivity contribution in [3.63, 3.8) is 0 Å². The average Bonchev–Trinajstić information content (AvgIpc) is 3.21. The fourth-order valence-corrected chi connectivity index (χ4v) is 4.19. The minimum atomic E-state index is 0.112. The smallest absolute Gasteiger partial charge is 0.191 e. The Morgan fingerprint density at radius 2 is 1.86 bits per heavy atom. The summed E-state index contributed by atoms with van der Waals surface area (Å²) in [7, 11) is 3.64. The van der Waals surface area contributed by atoms with Gasteiger partial charge in [0, 0.05) is 49.8 Å². The van der Waals surface area contributed by atoms with Crippen LogP contribution in [0.15, 0.2) is 35.5 Å². The lowest BCUT2D eigenvalue weighted by atomic mass is 10.1. The highest BCUT2D eigenvalue weighted by Gasteiger charge is 2.18. The van der Waals surface area contributed by atoms with Crippen molar-refractivity contribution in [2.75, 3.05) is 19.5 Å². The van der Waals surface area contributed by atoms with E-state index in [0.29, 0.717) is 12.4 Å². The molecule has 0 saturated carbocycles. The van der Waals surface area contributed by atoms with Crippen LogP contribution in [0.4, 0.5) is 0 Å². The van der Waals surface area contributed by atoms with Crippen LogP contribution in [0.3, 0.4) is 0 Å². The monoisotopic (exact) mass is 412 g/mol. The summed E-state index contributed by atoms with van der Waals surface area (Å²) in [5.74, 6) is 1.25. The average molecular weight is 413 g/mol. The zero-order valence-corrected chi connectivity index (χ0v) is 18.5. The van der Waals surface area contributed by atoms with E-state index in [0.717, 1.165) is 46.5 Å². The Kier molecular flexibility index (Phi) is 6.92. The van der Waals surface area contributed by atoms with Crippen LogP contribution < -0.4 is 0 Å². The Hall–Kier alpha value is -2.38. The predicted molar refractivity (Wildman–Crippen MR) is 117 cm³/mol. The first-order valence-electron chi connectivity index (χ1n) is 9.70. The minimum Gasteiger partial charge on any atom is -0.385 e. The van der Waals surface area contributed by atoms with Crippen LogP contribution in [-0.4, -0.2) is 44.6 Å². The first-order valence-corrected chi connectivity index (χ1v) is 10.7. The molecule has 0 radical (unpaired) electrons. The van der Waals surface area contributed by atoms with Crippen molar-refractivity contribution in [1.29, 1.82) is 0 Å². The maximum atomic E-state index is 12.8. The van der Waals surface area contributed by atoms with E-state index >= 15 is 0 Å². The third kappa shape index (κ3) is 4.79. The molecular weight excluding hydrogens is 384 g/mol. The normalized spacial score (nSPS) is 11.2. The highest BCUT2D eigenvalue weighted by Crippen LogP contribution is 2.25. The van der Waals surface area contributed by atoms with Gasteiger partial charge in [0.1, 0.15) is 0 Å². The summed E-state index contributed by atoms with van der Waals surface area (Å²) in [5.41, 5.74) is 5.13. The zero-order chi connectivity index (χ0) is 21.0. The summed E-state index contributed by atoms with van der Waals surface area (Å²) in [6, 6.07) is 10.2. The van der Waals surface area contributed by atoms with E-state index in [1.807, 2.05) is 43.7 Å². The Labute approximate surface area is 176 Å². The summed E-state index contributed by atoms with van der Waals surface area (Å²) in [4.78, 5) is 12.8. The van der Waals surface area contributed by atoms with Gasteiger partial charge in [-0.2, -0.15) is 0 Å². The zero-order valence-electron chi connectivity index (χ0n) is 17.7. The summed E-state index contributed by atoms with van der Waals surface area (Å²) in [6.07, 6.45) is 0.927. The molecule has 0 unspecified atom stereocenters. The van der Waals surface area contributed by atoms with Crippen LogP contribution in [0.2, 0.25) is 0 Å². The molecule has 0 atom stereocenters. The SMILES string of the molecule is COCCCn1c(C)cc(C(=O)CSc2nnc(-c3ccc(C)cc3)n2C)c1C. The van der Waals surface area contributed by atoms with Crippen molar-refractivity contribution in [2.45, 2.75) is 38.9 Å². The molecule has 0 bridgehead atoms. The summed E-state index contributed by atoms with van der Waals surface area (Å²) < 4.78 is 9.27. The fraction of sp³-hybridized carbons (Fsp3) is 0.409. The van der Waals surface area contributed by atoms with Gasteiger partial charge in [0.2, 0.25) is 0 Å². The molecule has 0 amide bonds.